The molecule has 1 aromatic rings. The lowest BCUT2D eigenvalue weighted by molar-refractivity contribution is 0.698. The highest BCUT2D eigenvalue weighted by molar-refractivity contribution is 5.29. The van der Waals surface area contributed by atoms with Crippen LogP contribution in [0.2, 0.25) is 0 Å². The van der Waals surface area contributed by atoms with Crippen LogP contribution in [0, 0.1) is 12.8 Å². The monoisotopic (exact) mass is 175 g/mol. The van der Waals surface area contributed by atoms with Gasteiger partial charge < -0.3 is 5.32 Å². The molecular formula is C12H17N. The van der Waals surface area contributed by atoms with Crippen LogP contribution < -0.4 is 5.32 Å². The Morgan fingerprint density at radius 1 is 1.46 bits per heavy atom. The number of aryl methyl sites for hydroxylation is 1. The Labute approximate surface area is 80.2 Å². The van der Waals surface area contributed by atoms with Gasteiger partial charge in [-0.15, -0.1) is 0 Å². The van der Waals surface area contributed by atoms with Crippen LogP contribution >= 0.6 is 0 Å². The van der Waals surface area contributed by atoms with Crippen molar-refractivity contribution in [3.63, 3.8) is 0 Å². The minimum atomic E-state index is 0.826. The molecule has 0 radical (unpaired) electrons. The van der Waals surface area contributed by atoms with Crippen LogP contribution in [-0.2, 0) is 0 Å². The van der Waals surface area contributed by atoms with Gasteiger partial charge in [0.1, 0.15) is 0 Å². The maximum Gasteiger partial charge on any atom is -0.00175 e. The Morgan fingerprint density at radius 3 is 3.00 bits per heavy atom. The van der Waals surface area contributed by atoms with Crippen molar-refractivity contribution in [3.05, 3.63) is 35.4 Å². The van der Waals surface area contributed by atoms with Gasteiger partial charge in [0.05, 0.1) is 0 Å². The summed E-state index contributed by atoms with van der Waals surface area (Å²) < 4.78 is 0. The Hall–Kier alpha value is -0.820. The van der Waals surface area contributed by atoms with Gasteiger partial charge in [-0.25, -0.2) is 0 Å². The van der Waals surface area contributed by atoms with E-state index in [1.807, 2.05) is 7.05 Å². The molecule has 0 spiro atoms. The molecule has 1 aromatic carbocycles. The average Bonchev–Trinajstić information content (AvgIpc) is 2.85. The molecule has 0 aromatic heterocycles. The van der Waals surface area contributed by atoms with Crippen LogP contribution in [0.3, 0.4) is 0 Å². The van der Waals surface area contributed by atoms with E-state index in [1.54, 1.807) is 0 Å². The quantitative estimate of drug-likeness (QED) is 0.743. The molecule has 1 aliphatic carbocycles. The van der Waals surface area contributed by atoms with Gasteiger partial charge in [-0.05, 0) is 44.3 Å². The van der Waals surface area contributed by atoms with Gasteiger partial charge in [0.25, 0.3) is 0 Å². The van der Waals surface area contributed by atoms with Crippen molar-refractivity contribution in [1.82, 2.24) is 5.32 Å². The van der Waals surface area contributed by atoms with Crippen LogP contribution in [0.4, 0.5) is 0 Å². The molecule has 2 atom stereocenters. The highest BCUT2D eigenvalue weighted by atomic mass is 14.8. The molecule has 0 amide bonds. The van der Waals surface area contributed by atoms with Crippen molar-refractivity contribution in [2.75, 3.05) is 13.6 Å². The summed E-state index contributed by atoms with van der Waals surface area (Å²) in [5.41, 5.74) is 2.91. The van der Waals surface area contributed by atoms with Gasteiger partial charge >= 0.3 is 0 Å². The number of benzene rings is 1. The number of nitrogens with one attached hydrogen (secondary N) is 1. The molecule has 1 nitrogen and oxygen atoms in total. The summed E-state index contributed by atoms with van der Waals surface area (Å²) in [6, 6.07) is 8.91. The summed E-state index contributed by atoms with van der Waals surface area (Å²) in [6.07, 6.45) is 1.37. The lowest BCUT2D eigenvalue weighted by Crippen LogP contribution is -2.10. The molecule has 0 heterocycles. The summed E-state index contributed by atoms with van der Waals surface area (Å²) >= 11 is 0. The lowest BCUT2D eigenvalue weighted by atomic mass is 10.1. The first kappa shape index (κ1) is 8.76. The lowest BCUT2D eigenvalue weighted by Gasteiger charge is -2.01. The van der Waals surface area contributed by atoms with E-state index in [4.69, 9.17) is 0 Å². The van der Waals surface area contributed by atoms with Gasteiger partial charge in [0.2, 0.25) is 0 Å². The summed E-state index contributed by atoms with van der Waals surface area (Å²) in [7, 11) is 2.03. The minimum absolute atomic E-state index is 0.826. The van der Waals surface area contributed by atoms with E-state index in [1.165, 1.54) is 24.1 Å². The fourth-order valence-electron chi connectivity index (χ4n) is 2.04. The minimum Gasteiger partial charge on any atom is -0.319 e. The molecule has 1 aliphatic rings. The number of hydrogen-bond donors (Lipinski definition) is 1. The zero-order valence-corrected chi connectivity index (χ0v) is 8.38. The van der Waals surface area contributed by atoms with Crippen molar-refractivity contribution < 1.29 is 0 Å². The molecular weight excluding hydrogens is 158 g/mol. The third kappa shape index (κ3) is 1.92. The smallest absolute Gasteiger partial charge is 0.00175 e. The van der Waals surface area contributed by atoms with E-state index >= 15 is 0 Å². The van der Waals surface area contributed by atoms with Gasteiger partial charge in [-0.1, -0.05) is 29.8 Å². The molecule has 1 saturated carbocycles. The van der Waals surface area contributed by atoms with E-state index < -0.39 is 0 Å². The first-order chi connectivity index (χ1) is 6.31. The Balaban J connectivity index is 2.03. The molecule has 0 bridgehead atoms. The van der Waals surface area contributed by atoms with Gasteiger partial charge in [-0.3, -0.25) is 0 Å². The summed E-state index contributed by atoms with van der Waals surface area (Å²) in [5, 5.41) is 3.24. The van der Waals surface area contributed by atoms with Gasteiger partial charge in [0, 0.05) is 0 Å². The average molecular weight is 175 g/mol. The predicted molar refractivity (Wildman–Crippen MR) is 56.0 cm³/mol. The number of rotatable bonds is 3. The molecule has 0 aliphatic heterocycles. The molecule has 0 saturated heterocycles. The third-order valence-electron chi connectivity index (χ3n) is 2.86. The van der Waals surface area contributed by atoms with E-state index in [9.17, 15) is 0 Å². The zero-order valence-electron chi connectivity index (χ0n) is 8.38. The van der Waals surface area contributed by atoms with Crippen molar-refractivity contribution in [2.24, 2.45) is 5.92 Å². The van der Waals surface area contributed by atoms with E-state index in [0.29, 0.717) is 0 Å². The predicted octanol–water partition coefficient (Wildman–Crippen LogP) is 2.32. The molecule has 70 valence electrons. The number of hydrogen-bond acceptors (Lipinski definition) is 1. The standard InChI is InChI=1S/C12H17N/c1-9-4-3-5-10(6-9)12-7-11(12)8-13-2/h3-6,11-13H,7-8H2,1-2H3/t11-,12+/m0/s1. The van der Waals surface area contributed by atoms with Gasteiger partial charge in [-0.2, -0.15) is 0 Å². The highest BCUT2D eigenvalue weighted by Gasteiger charge is 2.37. The SMILES string of the molecule is CNC[C@@H]1C[C@@H]1c1cccc(C)c1. The zero-order chi connectivity index (χ0) is 9.26. The second-order valence-electron chi connectivity index (χ2n) is 4.07. The van der Waals surface area contributed by atoms with Crippen molar-refractivity contribution in [1.29, 1.82) is 0 Å². The summed E-state index contributed by atoms with van der Waals surface area (Å²) in [6.45, 7) is 3.33. The topological polar surface area (TPSA) is 12.0 Å². The molecule has 1 heteroatoms. The fraction of sp³-hybridized carbons (Fsp3) is 0.500. The van der Waals surface area contributed by atoms with Crippen LogP contribution in [-0.4, -0.2) is 13.6 Å². The Bertz CT molecular complexity index is 293. The molecule has 1 N–H and O–H groups in total. The van der Waals surface area contributed by atoms with E-state index in [-0.39, 0.29) is 0 Å². The Kier molecular flexibility index (Phi) is 2.36. The second kappa shape index (κ2) is 3.51. The van der Waals surface area contributed by atoms with Crippen LogP contribution in [0.15, 0.2) is 24.3 Å². The second-order valence-corrected chi connectivity index (χ2v) is 4.07. The van der Waals surface area contributed by atoms with Gasteiger partial charge in [0.15, 0.2) is 0 Å². The van der Waals surface area contributed by atoms with E-state index in [0.717, 1.165) is 11.8 Å². The summed E-state index contributed by atoms with van der Waals surface area (Å²) in [4.78, 5) is 0. The molecule has 2 rings (SSSR count). The molecule has 13 heavy (non-hydrogen) atoms. The Morgan fingerprint density at radius 2 is 2.31 bits per heavy atom. The maximum absolute atomic E-state index is 3.24. The normalized spacial score (nSPS) is 26.0. The van der Waals surface area contributed by atoms with E-state index in [2.05, 4.69) is 36.5 Å². The largest absolute Gasteiger partial charge is 0.319 e. The summed E-state index contributed by atoms with van der Waals surface area (Å²) in [5.74, 6) is 1.71. The first-order valence-electron chi connectivity index (χ1n) is 5.02. The molecule has 0 unspecified atom stereocenters. The molecule has 1 fully saturated rings. The van der Waals surface area contributed by atoms with Crippen molar-refractivity contribution >= 4 is 0 Å². The highest BCUT2D eigenvalue weighted by Crippen LogP contribution is 2.46. The third-order valence-corrected chi connectivity index (χ3v) is 2.86. The van der Waals surface area contributed by atoms with Crippen molar-refractivity contribution in [3.8, 4) is 0 Å². The van der Waals surface area contributed by atoms with Crippen LogP contribution in [0.1, 0.15) is 23.5 Å². The fourth-order valence-corrected chi connectivity index (χ4v) is 2.04. The maximum atomic E-state index is 3.24. The van der Waals surface area contributed by atoms with Crippen molar-refractivity contribution in [2.45, 2.75) is 19.3 Å². The van der Waals surface area contributed by atoms with Crippen LogP contribution in [0.25, 0.3) is 0 Å². The first-order valence-corrected chi connectivity index (χ1v) is 5.02. The van der Waals surface area contributed by atoms with Crippen LogP contribution in [0.5, 0.6) is 0 Å².